The van der Waals surface area contributed by atoms with E-state index in [1.807, 2.05) is 0 Å². The number of carbonyl (C=O) groups is 1. The maximum atomic E-state index is 10.3. The Morgan fingerprint density at radius 1 is 0.682 bits per heavy atom. The summed E-state index contributed by atoms with van der Waals surface area (Å²) in [6, 6.07) is 0. The molecule has 0 rings (SSSR count). The van der Waals surface area contributed by atoms with Crippen LogP contribution >= 0.6 is 0 Å². The van der Waals surface area contributed by atoms with Crippen LogP contribution < -0.4 is 5.32 Å². The van der Waals surface area contributed by atoms with Gasteiger partial charge in [0.05, 0.1) is 0 Å². The Bertz CT molecular complexity index is 231. The largest absolute Gasteiger partial charge is 0.481 e. The first-order valence-corrected chi connectivity index (χ1v) is 9.70. The predicted molar refractivity (Wildman–Crippen MR) is 95.4 cm³/mol. The Morgan fingerprint density at radius 2 is 1.09 bits per heavy atom. The van der Waals surface area contributed by atoms with Gasteiger partial charge in [-0.1, -0.05) is 77.6 Å². The Hall–Kier alpha value is -0.570. The van der Waals surface area contributed by atoms with Gasteiger partial charge in [-0.3, -0.25) is 4.79 Å². The van der Waals surface area contributed by atoms with Crippen molar-refractivity contribution in [3.8, 4) is 0 Å². The molecule has 0 aliphatic heterocycles. The van der Waals surface area contributed by atoms with Crippen LogP contribution in [0.25, 0.3) is 0 Å². The molecule has 3 heteroatoms. The zero-order valence-corrected chi connectivity index (χ0v) is 14.9. The fourth-order valence-corrected chi connectivity index (χ4v) is 2.74. The average molecular weight is 314 g/mol. The second kappa shape index (κ2) is 18.5. The van der Waals surface area contributed by atoms with Gasteiger partial charge in [-0.25, -0.2) is 0 Å². The minimum atomic E-state index is -0.680. The second-order valence-electron chi connectivity index (χ2n) is 6.49. The molecule has 0 saturated carbocycles. The van der Waals surface area contributed by atoms with E-state index in [-0.39, 0.29) is 0 Å². The lowest BCUT2D eigenvalue weighted by atomic mass is 10.1. The highest BCUT2D eigenvalue weighted by Crippen LogP contribution is 2.11. The molecule has 2 N–H and O–H groups in total. The summed E-state index contributed by atoms with van der Waals surface area (Å²) in [6.45, 7) is 4.32. The van der Waals surface area contributed by atoms with Crippen LogP contribution in [0.2, 0.25) is 0 Å². The molecule has 22 heavy (non-hydrogen) atoms. The summed E-state index contributed by atoms with van der Waals surface area (Å²) in [5.74, 6) is -0.680. The molecule has 0 heterocycles. The van der Waals surface area contributed by atoms with E-state index in [4.69, 9.17) is 5.11 Å². The zero-order chi connectivity index (χ0) is 16.3. The van der Waals surface area contributed by atoms with Crippen molar-refractivity contribution < 1.29 is 9.90 Å². The topological polar surface area (TPSA) is 49.3 Å². The van der Waals surface area contributed by atoms with E-state index in [1.165, 1.54) is 77.0 Å². The number of carboxylic acid groups (broad SMARTS) is 1. The van der Waals surface area contributed by atoms with Crippen molar-refractivity contribution in [3.63, 3.8) is 0 Å². The number of hydrogen-bond acceptors (Lipinski definition) is 2. The van der Waals surface area contributed by atoms with E-state index in [2.05, 4.69) is 12.2 Å². The van der Waals surface area contributed by atoms with E-state index in [0.717, 1.165) is 25.9 Å². The molecule has 0 aliphatic rings. The third-order valence-electron chi connectivity index (χ3n) is 4.20. The Balaban J connectivity index is 2.95. The van der Waals surface area contributed by atoms with Crippen LogP contribution in [-0.2, 0) is 4.79 Å². The molecule has 0 aromatic rings. The number of hydrogen-bond donors (Lipinski definition) is 2. The van der Waals surface area contributed by atoms with Crippen LogP contribution in [0.3, 0.4) is 0 Å². The lowest BCUT2D eigenvalue weighted by molar-refractivity contribution is -0.137. The Labute approximate surface area is 138 Å². The fraction of sp³-hybridized carbons (Fsp3) is 0.947. The van der Waals surface area contributed by atoms with Crippen molar-refractivity contribution >= 4 is 5.97 Å². The van der Waals surface area contributed by atoms with Gasteiger partial charge < -0.3 is 10.4 Å². The van der Waals surface area contributed by atoms with Crippen LogP contribution in [0.1, 0.15) is 103 Å². The lowest BCUT2D eigenvalue weighted by Crippen LogP contribution is -2.16. The highest BCUT2D eigenvalue weighted by Gasteiger charge is 1.96. The first-order valence-electron chi connectivity index (χ1n) is 9.70. The van der Waals surface area contributed by atoms with Crippen molar-refractivity contribution in [2.24, 2.45) is 0 Å². The van der Waals surface area contributed by atoms with Crippen molar-refractivity contribution in [2.45, 2.75) is 103 Å². The first-order chi connectivity index (χ1) is 10.8. The molecule has 0 atom stereocenters. The summed E-state index contributed by atoms with van der Waals surface area (Å²) in [5, 5.41) is 11.9. The van der Waals surface area contributed by atoms with Gasteiger partial charge >= 0.3 is 5.97 Å². The van der Waals surface area contributed by atoms with Crippen LogP contribution in [0.5, 0.6) is 0 Å². The minimum Gasteiger partial charge on any atom is -0.481 e. The second-order valence-corrected chi connectivity index (χ2v) is 6.49. The van der Waals surface area contributed by atoms with Gasteiger partial charge in [-0.2, -0.15) is 0 Å². The molecule has 0 fully saturated rings. The molecule has 0 aliphatic carbocycles. The zero-order valence-electron chi connectivity index (χ0n) is 14.9. The molecule has 3 nitrogen and oxygen atoms in total. The standard InChI is InChI=1S/C19H39NO2/c1-2-3-4-5-6-7-8-9-10-11-12-14-17-20-18-15-13-16-19(21)22/h20H,2-18H2,1H3,(H,21,22). The fourth-order valence-electron chi connectivity index (χ4n) is 2.74. The van der Waals surface area contributed by atoms with Crippen LogP contribution in [0, 0.1) is 0 Å². The van der Waals surface area contributed by atoms with E-state index < -0.39 is 5.97 Å². The highest BCUT2D eigenvalue weighted by atomic mass is 16.4. The number of carboxylic acids is 1. The van der Waals surface area contributed by atoms with E-state index >= 15 is 0 Å². The molecule has 0 aromatic heterocycles. The summed E-state index contributed by atoms with van der Waals surface area (Å²) in [4.78, 5) is 10.3. The normalized spacial score (nSPS) is 11.0. The summed E-state index contributed by atoms with van der Waals surface area (Å²) >= 11 is 0. The Morgan fingerprint density at radius 3 is 1.55 bits per heavy atom. The minimum absolute atomic E-state index is 0.306. The monoisotopic (exact) mass is 313 g/mol. The van der Waals surface area contributed by atoms with Gasteiger partial charge in [0.2, 0.25) is 0 Å². The number of aliphatic carboxylic acids is 1. The SMILES string of the molecule is CCCCCCCCCCCCCCNCCCCC(=O)O. The molecule has 0 saturated heterocycles. The van der Waals surface area contributed by atoms with Gasteiger partial charge in [-0.05, 0) is 32.4 Å². The Kier molecular flexibility index (Phi) is 18.0. The smallest absolute Gasteiger partial charge is 0.303 e. The molecule has 0 aromatic carbocycles. The number of nitrogens with one attached hydrogen (secondary N) is 1. The van der Waals surface area contributed by atoms with Crippen LogP contribution in [0.15, 0.2) is 0 Å². The summed E-state index contributed by atoms with van der Waals surface area (Å²) in [7, 11) is 0. The molecule has 0 bridgehead atoms. The van der Waals surface area contributed by atoms with Crippen molar-refractivity contribution in [2.75, 3.05) is 13.1 Å². The average Bonchev–Trinajstić information content (AvgIpc) is 2.50. The molecule has 0 spiro atoms. The maximum absolute atomic E-state index is 10.3. The molecular formula is C19H39NO2. The molecular weight excluding hydrogens is 274 g/mol. The quantitative estimate of drug-likeness (QED) is 0.327. The third-order valence-corrected chi connectivity index (χ3v) is 4.20. The van der Waals surface area contributed by atoms with E-state index in [9.17, 15) is 4.79 Å². The van der Waals surface area contributed by atoms with Crippen molar-refractivity contribution in [1.82, 2.24) is 5.32 Å². The molecule has 0 amide bonds. The van der Waals surface area contributed by atoms with Gasteiger partial charge in [-0.15, -0.1) is 0 Å². The highest BCUT2D eigenvalue weighted by molar-refractivity contribution is 5.66. The number of rotatable bonds is 18. The summed E-state index contributed by atoms with van der Waals surface area (Å²) < 4.78 is 0. The predicted octanol–water partition coefficient (Wildman–Crippen LogP) is 5.53. The maximum Gasteiger partial charge on any atom is 0.303 e. The summed E-state index contributed by atoms with van der Waals surface area (Å²) in [5.41, 5.74) is 0. The molecule has 0 radical (unpaired) electrons. The third kappa shape index (κ3) is 19.4. The van der Waals surface area contributed by atoms with Gasteiger partial charge in [0.15, 0.2) is 0 Å². The first kappa shape index (κ1) is 21.4. The van der Waals surface area contributed by atoms with Gasteiger partial charge in [0.25, 0.3) is 0 Å². The van der Waals surface area contributed by atoms with E-state index in [1.54, 1.807) is 0 Å². The van der Waals surface area contributed by atoms with Crippen molar-refractivity contribution in [3.05, 3.63) is 0 Å². The lowest BCUT2D eigenvalue weighted by Gasteiger charge is -2.05. The van der Waals surface area contributed by atoms with Crippen molar-refractivity contribution in [1.29, 1.82) is 0 Å². The van der Waals surface area contributed by atoms with Crippen LogP contribution in [0.4, 0.5) is 0 Å². The summed E-state index contributed by atoms with van der Waals surface area (Å²) in [6.07, 6.45) is 18.8. The molecule has 0 unspecified atom stereocenters. The van der Waals surface area contributed by atoms with Gasteiger partial charge in [0, 0.05) is 6.42 Å². The van der Waals surface area contributed by atoms with E-state index in [0.29, 0.717) is 6.42 Å². The molecule has 132 valence electrons. The van der Waals surface area contributed by atoms with Gasteiger partial charge in [0.1, 0.15) is 0 Å². The van der Waals surface area contributed by atoms with Crippen LogP contribution in [-0.4, -0.2) is 24.2 Å². The number of unbranched alkanes of at least 4 members (excludes halogenated alkanes) is 12.